The molecule has 0 aliphatic heterocycles. The predicted octanol–water partition coefficient (Wildman–Crippen LogP) is 3.75. The van der Waals surface area contributed by atoms with Gasteiger partial charge < -0.3 is 10.1 Å². The largest absolute Gasteiger partial charge is 0.463 e. The first-order chi connectivity index (χ1) is 10.2. The molecule has 0 saturated heterocycles. The van der Waals surface area contributed by atoms with Crippen molar-refractivity contribution in [3.63, 3.8) is 0 Å². The molecule has 5 heteroatoms. The van der Waals surface area contributed by atoms with Gasteiger partial charge in [-0.2, -0.15) is 0 Å². The van der Waals surface area contributed by atoms with Crippen LogP contribution in [0.15, 0.2) is 54.9 Å². The lowest BCUT2D eigenvalue weighted by molar-refractivity contribution is -0.137. The molecule has 108 valence electrons. The zero-order chi connectivity index (χ0) is 15.1. The van der Waals surface area contributed by atoms with Gasteiger partial charge in [0.1, 0.15) is 0 Å². The van der Waals surface area contributed by atoms with Crippen molar-refractivity contribution in [3.8, 4) is 0 Å². The molecular weight excluding hydrogens is 288 g/mol. The van der Waals surface area contributed by atoms with E-state index in [2.05, 4.69) is 10.3 Å². The third-order valence-corrected chi connectivity index (χ3v) is 2.92. The minimum Gasteiger partial charge on any atom is -0.463 e. The number of rotatable bonds is 5. The Morgan fingerprint density at radius 1 is 1.24 bits per heavy atom. The third-order valence-electron chi connectivity index (χ3n) is 2.66. The predicted molar refractivity (Wildman–Crippen MR) is 83.9 cm³/mol. The molecule has 0 fully saturated rings. The number of carbonyl (C=O) groups is 1. The molecule has 1 heterocycles. The Kier molecular flexibility index (Phi) is 5.35. The number of nitrogens with one attached hydrogen (secondary N) is 1. The Labute approximate surface area is 128 Å². The van der Waals surface area contributed by atoms with Crippen LogP contribution >= 0.6 is 11.6 Å². The third kappa shape index (κ3) is 4.61. The fourth-order valence-electron chi connectivity index (χ4n) is 1.71. The highest BCUT2D eigenvalue weighted by atomic mass is 35.5. The van der Waals surface area contributed by atoms with Crippen LogP contribution in [0.25, 0.3) is 5.70 Å². The minimum absolute atomic E-state index is 0.333. The fourth-order valence-corrected chi connectivity index (χ4v) is 1.84. The molecule has 0 radical (unpaired) electrons. The molecule has 2 rings (SSSR count). The zero-order valence-corrected chi connectivity index (χ0v) is 12.3. The van der Waals surface area contributed by atoms with Crippen LogP contribution in [-0.2, 0) is 9.53 Å². The molecular formula is C16H15ClN2O2. The highest BCUT2D eigenvalue weighted by Gasteiger charge is 2.06. The van der Waals surface area contributed by atoms with Gasteiger partial charge in [-0.3, -0.25) is 4.98 Å². The summed E-state index contributed by atoms with van der Waals surface area (Å²) in [5.74, 6) is -0.397. The first-order valence-corrected chi connectivity index (χ1v) is 6.88. The van der Waals surface area contributed by atoms with Crippen LogP contribution in [0.2, 0.25) is 5.02 Å². The molecule has 0 atom stereocenters. The van der Waals surface area contributed by atoms with E-state index in [4.69, 9.17) is 16.3 Å². The molecule has 0 aliphatic carbocycles. The number of halogens is 1. The van der Waals surface area contributed by atoms with Crippen molar-refractivity contribution in [1.82, 2.24) is 4.98 Å². The lowest BCUT2D eigenvalue weighted by Crippen LogP contribution is -2.06. The second-order valence-electron chi connectivity index (χ2n) is 4.18. The molecule has 0 spiro atoms. The number of aromatic nitrogens is 1. The van der Waals surface area contributed by atoms with Gasteiger partial charge in [-0.15, -0.1) is 0 Å². The summed E-state index contributed by atoms with van der Waals surface area (Å²) in [5, 5.41) is 3.84. The van der Waals surface area contributed by atoms with E-state index in [-0.39, 0.29) is 0 Å². The van der Waals surface area contributed by atoms with Crippen LogP contribution in [0, 0.1) is 0 Å². The van der Waals surface area contributed by atoms with Gasteiger partial charge in [0.15, 0.2) is 0 Å². The average Bonchev–Trinajstić information content (AvgIpc) is 2.50. The molecule has 0 bridgehead atoms. The highest BCUT2D eigenvalue weighted by molar-refractivity contribution is 6.30. The number of ether oxygens (including phenoxy) is 1. The maximum Gasteiger partial charge on any atom is 0.332 e. The van der Waals surface area contributed by atoms with E-state index in [1.165, 1.54) is 6.08 Å². The van der Waals surface area contributed by atoms with Crippen LogP contribution in [-0.4, -0.2) is 17.6 Å². The molecule has 0 aliphatic rings. The first kappa shape index (κ1) is 15.1. The van der Waals surface area contributed by atoms with E-state index < -0.39 is 5.97 Å². The van der Waals surface area contributed by atoms with E-state index in [1.807, 2.05) is 24.3 Å². The Morgan fingerprint density at radius 3 is 2.52 bits per heavy atom. The van der Waals surface area contributed by atoms with E-state index in [0.717, 1.165) is 11.3 Å². The summed E-state index contributed by atoms with van der Waals surface area (Å²) in [6, 6.07) is 10.9. The summed E-state index contributed by atoms with van der Waals surface area (Å²) >= 11 is 5.87. The first-order valence-electron chi connectivity index (χ1n) is 6.50. The van der Waals surface area contributed by atoms with Gasteiger partial charge in [-0.1, -0.05) is 11.6 Å². The summed E-state index contributed by atoms with van der Waals surface area (Å²) < 4.78 is 4.96. The van der Waals surface area contributed by atoms with Gasteiger partial charge >= 0.3 is 5.97 Å². The van der Waals surface area contributed by atoms with Crippen molar-refractivity contribution in [2.45, 2.75) is 6.92 Å². The molecule has 1 N–H and O–H groups in total. The zero-order valence-electron chi connectivity index (χ0n) is 11.5. The standard InChI is InChI=1S/C16H15ClN2O2/c1-2-21-16(20)11-15(12-7-9-18-10-8-12)19-14-5-3-13(17)4-6-14/h3-11,19H,2H2,1H3/b15-11-. The van der Waals surface area contributed by atoms with Crippen molar-refractivity contribution in [3.05, 3.63) is 65.5 Å². The van der Waals surface area contributed by atoms with Crippen LogP contribution in [0.3, 0.4) is 0 Å². The number of benzene rings is 1. The van der Waals surface area contributed by atoms with Crippen molar-refractivity contribution in [2.24, 2.45) is 0 Å². The van der Waals surface area contributed by atoms with Gasteiger partial charge in [-0.25, -0.2) is 4.79 Å². The van der Waals surface area contributed by atoms with Crippen molar-refractivity contribution < 1.29 is 9.53 Å². The summed E-state index contributed by atoms with van der Waals surface area (Å²) in [5.41, 5.74) is 2.30. The number of nitrogens with zero attached hydrogens (tertiary/aromatic N) is 1. The molecule has 1 aromatic carbocycles. The smallest absolute Gasteiger partial charge is 0.332 e. The molecule has 0 saturated carbocycles. The van der Waals surface area contributed by atoms with Gasteiger partial charge in [0.25, 0.3) is 0 Å². The van der Waals surface area contributed by atoms with Gasteiger partial charge in [0.05, 0.1) is 12.3 Å². The van der Waals surface area contributed by atoms with E-state index >= 15 is 0 Å². The monoisotopic (exact) mass is 302 g/mol. The van der Waals surface area contributed by atoms with Crippen LogP contribution in [0.4, 0.5) is 5.69 Å². The molecule has 21 heavy (non-hydrogen) atoms. The SMILES string of the molecule is CCOC(=O)/C=C(\Nc1ccc(Cl)cc1)c1ccncc1. The Bertz CT molecular complexity index is 624. The van der Waals surface area contributed by atoms with Gasteiger partial charge in [0, 0.05) is 34.7 Å². The Balaban J connectivity index is 2.28. The molecule has 4 nitrogen and oxygen atoms in total. The van der Waals surface area contributed by atoms with Crippen molar-refractivity contribution >= 4 is 29.0 Å². The Hall–Kier alpha value is -2.33. The highest BCUT2D eigenvalue weighted by Crippen LogP contribution is 2.20. The molecule has 0 amide bonds. The summed E-state index contributed by atoms with van der Waals surface area (Å²) in [6.45, 7) is 2.10. The summed E-state index contributed by atoms with van der Waals surface area (Å²) in [4.78, 5) is 15.7. The normalized spacial score (nSPS) is 11.0. The Morgan fingerprint density at radius 2 is 1.90 bits per heavy atom. The number of pyridine rings is 1. The van der Waals surface area contributed by atoms with Gasteiger partial charge in [-0.05, 0) is 43.3 Å². The topological polar surface area (TPSA) is 51.2 Å². The maximum atomic E-state index is 11.7. The summed E-state index contributed by atoms with van der Waals surface area (Å²) in [6.07, 6.45) is 4.75. The maximum absolute atomic E-state index is 11.7. The number of hydrogen-bond acceptors (Lipinski definition) is 4. The van der Waals surface area contributed by atoms with Crippen LogP contribution < -0.4 is 5.32 Å². The number of carbonyl (C=O) groups excluding carboxylic acids is 1. The molecule has 2 aromatic rings. The van der Waals surface area contributed by atoms with Gasteiger partial charge in [0.2, 0.25) is 0 Å². The van der Waals surface area contributed by atoms with E-state index in [0.29, 0.717) is 17.3 Å². The number of hydrogen-bond donors (Lipinski definition) is 1. The van der Waals surface area contributed by atoms with E-state index in [9.17, 15) is 4.79 Å². The molecule has 0 unspecified atom stereocenters. The number of esters is 1. The fraction of sp³-hybridized carbons (Fsp3) is 0.125. The van der Waals surface area contributed by atoms with Crippen LogP contribution in [0.1, 0.15) is 12.5 Å². The molecule has 1 aromatic heterocycles. The van der Waals surface area contributed by atoms with Crippen LogP contribution in [0.5, 0.6) is 0 Å². The second-order valence-corrected chi connectivity index (χ2v) is 4.61. The lowest BCUT2D eigenvalue weighted by Gasteiger charge is -2.11. The quantitative estimate of drug-likeness (QED) is 0.675. The van der Waals surface area contributed by atoms with Crippen molar-refractivity contribution in [2.75, 3.05) is 11.9 Å². The average molecular weight is 303 g/mol. The minimum atomic E-state index is -0.397. The number of anilines is 1. The van der Waals surface area contributed by atoms with Crippen molar-refractivity contribution in [1.29, 1.82) is 0 Å². The van der Waals surface area contributed by atoms with E-state index in [1.54, 1.807) is 31.5 Å². The second kappa shape index (κ2) is 7.45. The lowest BCUT2D eigenvalue weighted by atomic mass is 10.1. The summed E-state index contributed by atoms with van der Waals surface area (Å²) in [7, 11) is 0.